The van der Waals surface area contributed by atoms with Gasteiger partial charge in [0.05, 0.1) is 52.2 Å². The lowest BCUT2D eigenvalue weighted by Gasteiger charge is -2.24. The Morgan fingerprint density at radius 3 is 2.51 bits per heavy atom. The predicted octanol–water partition coefficient (Wildman–Crippen LogP) is 6.56. The number of nitrogens with zero attached hydrogens (tertiary/aromatic N) is 4. The second-order valence-electron chi connectivity index (χ2n) is 10.6. The highest BCUT2D eigenvalue weighted by molar-refractivity contribution is 6.06. The van der Waals surface area contributed by atoms with Crippen molar-refractivity contribution in [3.63, 3.8) is 0 Å². The fourth-order valence-corrected chi connectivity index (χ4v) is 5.45. The van der Waals surface area contributed by atoms with Crippen LogP contribution in [-0.4, -0.2) is 42.2 Å². The van der Waals surface area contributed by atoms with Crippen LogP contribution in [0, 0.1) is 0 Å². The third-order valence-electron chi connectivity index (χ3n) is 7.82. The molecule has 6 rings (SSSR count). The maximum Gasteiger partial charge on any atom is 0.433 e. The number of hydrogen-bond acceptors (Lipinski definition) is 9. The SMILES string of the molecule is COc1ccc(CNc2nc3cc(CN(C(=O)c4ccc(C(F)(F)F)nc4)c4cccnc4OC)ccc3c3c2COC3)c(OC)c1. The molecule has 10 nitrogen and oxygen atoms in total. The van der Waals surface area contributed by atoms with E-state index in [9.17, 15) is 18.0 Å². The largest absolute Gasteiger partial charge is 0.497 e. The van der Waals surface area contributed by atoms with Crippen LogP contribution in [0.15, 0.2) is 73.1 Å². The summed E-state index contributed by atoms with van der Waals surface area (Å²) in [5.41, 5.74) is 3.50. The fourth-order valence-electron chi connectivity index (χ4n) is 5.45. The molecule has 1 amide bonds. The first-order valence-electron chi connectivity index (χ1n) is 14.5. The normalized spacial score (nSPS) is 12.5. The summed E-state index contributed by atoms with van der Waals surface area (Å²) in [4.78, 5) is 27.9. The Balaban J connectivity index is 1.34. The van der Waals surface area contributed by atoms with Gasteiger partial charge >= 0.3 is 6.18 Å². The van der Waals surface area contributed by atoms with Gasteiger partial charge in [-0.05, 0) is 53.6 Å². The molecule has 2 aromatic carbocycles. The average molecular weight is 646 g/mol. The Hall–Kier alpha value is -5.43. The first-order chi connectivity index (χ1) is 22.7. The minimum atomic E-state index is -4.63. The van der Waals surface area contributed by atoms with Gasteiger partial charge in [-0.15, -0.1) is 0 Å². The topological polar surface area (TPSA) is 108 Å². The van der Waals surface area contributed by atoms with E-state index in [1.54, 1.807) is 26.4 Å². The quantitative estimate of drug-likeness (QED) is 0.181. The van der Waals surface area contributed by atoms with E-state index in [-0.39, 0.29) is 18.0 Å². The smallest absolute Gasteiger partial charge is 0.433 e. The molecule has 0 fully saturated rings. The third kappa shape index (κ3) is 6.47. The monoisotopic (exact) mass is 645 g/mol. The summed E-state index contributed by atoms with van der Waals surface area (Å²) in [6.45, 7) is 1.31. The number of anilines is 2. The highest BCUT2D eigenvalue weighted by atomic mass is 19.4. The van der Waals surface area contributed by atoms with E-state index >= 15 is 0 Å². The van der Waals surface area contributed by atoms with Gasteiger partial charge in [-0.2, -0.15) is 13.2 Å². The van der Waals surface area contributed by atoms with Crippen LogP contribution in [0.4, 0.5) is 24.7 Å². The van der Waals surface area contributed by atoms with E-state index in [0.717, 1.165) is 40.4 Å². The molecule has 1 aliphatic rings. The summed E-state index contributed by atoms with van der Waals surface area (Å²) in [5, 5.41) is 4.35. The average Bonchev–Trinajstić information content (AvgIpc) is 3.59. The Kier molecular flexibility index (Phi) is 8.81. The van der Waals surface area contributed by atoms with Gasteiger partial charge < -0.3 is 24.3 Å². The van der Waals surface area contributed by atoms with Gasteiger partial charge in [-0.3, -0.25) is 14.7 Å². The summed E-state index contributed by atoms with van der Waals surface area (Å²) in [5.74, 6) is 1.62. The molecule has 242 valence electrons. The van der Waals surface area contributed by atoms with Crippen LogP contribution in [-0.2, 0) is 37.2 Å². The zero-order valence-corrected chi connectivity index (χ0v) is 25.7. The van der Waals surface area contributed by atoms with E-state index in [2.05, 4.69) is 15.3 Å². The molecule has 0 unspecified atom stereocenters. The number of carbonyl (C=O) groups excluding carboxylic acids is 1. The lowest BCUT2D eigenvalue weighted by molar-refractivity contribution is -0.141. The van der Waals surface area contributed by atoms with Crippen molar-refractivity contribution >= 4 is 28.3 Å². The number of fused-ring (bicyclic) bond motifs is 3. The Morgan fingerprint density at radius 1 is 0.957 bits per heavy atom. The van der Waals surface area contributed by atoms with Crippen molar-refractivity contribution in [1.82, 2.24) is 15.0 Å². The third-order valence-corrected chi connectivity index (χ3v) is 7.82. The predicted molar refractivity (Wildman–Crippen MR) is 168 cm³/mol. The highest BCUT2D eigenvalue weighted by Gasteiger charge is 2.33. The van der Waals surface area contributed by atoms with Gasteiger partial charge in [0.1, 0.15) is 28.7 Å². The molecule has 13 heteroatoms. The number of aromatic nitrogens is 3. The van der Waals surface area contributed by atoms with Crippen molar-refractivity contribution in [3.05, 3.63) is 107 Å². The van der Waals surface area contributed by atoms with Crippen molar-refractivity contribution in [3.8, 4) is 17.4 Å². The first-order valence-corrected chi connectivity index (χ1v) is 14.5. The van der Waals surface area contributed by atoms with Gasteiger partial charge in [0.15, 0.2) is 0 Å². The first kappa shape index (κ1) is 31.5. The van der Waals surface area contributed by atoms with Crippen LogP contribution in [0.5, 0.6) is 17.4 Å². The zero-order chi connectivity index (χ0) is 33.1. The van der Waals surface area contributed by atoms with Crippen LogP contribution >= 0.6 is 0 Å². The van der Waals surface area contributed by atoms with Crippen LogP contribution in [0.3, 0.4) is 0 Å². The maximum atomic E-state index is 13.8. The number of halogens is 3. The maximum absolute atomic E-state index is 13.8. The Bertz CT molecular complexity index is 1940. The van der Waals surface area contributed by atoms with E-state index in [1.165, 1.54) is 18.2 Å². The van der Waals surface area contributed by atoms with Crippen molar-refractivity contribution in [2.75, 3.05) is 31.5 Å². The molecule has 4 heterocycles. The van der Waals surface area contributed by atoms with Crippen LogP contribution in [0.2, 0.25) is 0 Å². The molecule has 5 aromatic rings. The molecule has 0 atom stereocenters. The standard InChI is InChI=1S/C34H30F3N5O5/c1-44-23-9-7-21(29(14-23)45-2)15-40-31-26-19-47-18-25(26)24-10-6-20(13-27(24)41-31)17-42(28-5-4-12-38-32(28)46-3)33(43)22-8-11-30(39-16-22)34(35,36)37/h4-14,16H,15,17-19H2,1-3H3,(H,40,41). The molecular weight excluding hydrogens is 615 g/mol. The number of pyridine rings is 3. The van der Waals surface area contributed by atoms with E-state index in [1.807, 2.05) is 36.4 Å². The molecule has 0 bridgehead atoms. The van der Waals surface area contributed by atoms with Gasteiger partial charge in [-0.25, -0.2) is 9.97 Å². The number of rotatable bonds is 10. The Labute approximate surface area is 268 Å². The van der Waals surface area contributed by atoms with Crippen molar-refractivity contribution in [1.29, 1.82) is 0 Å². The van der Waals surface area contributed by atoms with Crippen molar-refractivity contribution < 1.29 is 36.9 Å². The lowest BCUT2D eigenvalue weighted by atomic mass is 10.0. The molecule has 0 saturated heterocycles. The molecule has 1 N–H and O–H groups in total. The summed E-state index contributed by atoms with van der Waals surface area (Å²) in [6, 6.07) is 16.5. The van der Waals surface area contributed by atoms with Crippen LogP contribution in [0.1, 0.15) is 38.3 Å². The minimum Gasteiger partial charge on any atom is -0.497 e. The molecule has 1 aliphatic heterocycles. The Morgan fingerprint density at radius 2 is 1.79 bits per heavy atom. The van der Waals surface area contributed by atoms with Crippen LogP contribution in [0.25, 0.3) is 10.9 Å². The summed E-state index contributed by atoms with van der Waals surface area (Å²) < 4.78 is 61.6. The van der Waals surface area contributed by atoms with Gasteiger partial charge in [-0.1, -0.05) is 12.1 Å². The van der Waals surface area contributed by atoms with E-state index in [0.29, 0.717) is 53.8 Å². The van der Waals surface area contributed by atoms with Crippen molar-refractivity contribution in [2.24, 2.45) is 0 Å². The lowest BCUT2D eigenvalue weighted by Crippen LogP contribution is -2.31. The molecular formula is C34H30F3N5O5. The number of carbonyl (C=O) groups is 1. The number of benzene rings is 2. The molecule has 0 radical (unpaired) electrons. The summed E-state index contributed by atoms with van der Waals surface area (Å²) in [7, 11) is 4.62. The summed E-state index contributed by atoms with van der Waals surface area (Å²) in [6.07, 6.45) is -2.20. The fraction of sp³-hybridized carbons (Fsp3) is 0.235. The highest BCUT2D eigenvalue weighted by Crippen LogP contribution is 2.35. The number of alkyl halides is 3. The van der Waals surface area contributed by atoms with Gasteiger partial charge in [0.25, 0.3) is 5.91 Å². The number of ether oxygens (including phenoxy) is 4. The van der Waals surface area contributed by atoms with E-state index < -0.39 is 17.8 Å². The zero-order valence-electron chi connectivity index (χ0n) is 25.7. The molecule has 47 heavy (non-hydrogen) atoms. The van der Waals surface area contributed by atoms with Crippen LogP contribution < -0.4 is 24.4 Å². The number of amides is 1. The number of hydrogen-bond donors (Lipinski definition) is 1. The summed E-state index contributed by atoms with van der Waals surface area (Å²) >= 11 is 0. The molecule has 0 aliphatic carbocycles. The molecule has 0 spiro atoms. The number of methoxy groups -OCH3 is 3. The van der Waals surface area contributed by atoms with Gasteiger partial charge in [0.2, 0.25) is 5.88 Å². The minimum absolute atomic E-state index is 0.0294. The van der Waals surface area contributed by atoms with E-state index in [4.69, 9.17) is 23.9 Å². The molecule has 3 aromatic heterocycles. The van der Waals surface area contributed by atoms with Gasteiger partial charge in [0, 0.05) is 41.5 Å². The second-order valence-corrected chi connectivity index (χ2v) is 10.6. The molecule has 0 saturated carbocycles. The van der Waals surface area contributed by atoms with Crippen molar-refractivity contribution in [2.45, 2.75) is 32.5 Å². The number of nitrogens with one attached hydrogen (secondary N) is 1. The second kappa shape index (κ2) is 13.1.